The highest BCUT2D eigenvalue weighted by Crippen LogP contribution is 2.30. The van der Waals surface area contributed by atoms with Crippen molar-refractivity contribution < 1.29 is 0 Å². The van der Waals surface area contributed by atoms with E-state index in [0.717, 1.165) is 11.6 Å². The van der Waals surface area contributed by atoms with E-state index in [9.17, 15) is 0 Å². The molecule has 20 heavy (non-hydrogen) atoms. The number of aromatic nitrogens is 1. The lowest BCUT2D eigenvalue weighted by atomic mass is 10.1. The van der Waals surface area contributed by atoms with Gasteiger partial charge in [0.25, 0.3) is 0 Å². The molecule has 0 amide bonds. The van der Waals surface area contributed by atoms with Crippen LogP contribution in [0.2, 0.25) is 0 Å². The van der Waals surface area contributed by atoms with E-state index in [0.29, 0.717) is 0 Å². The molecule has 0 unspecified atom stereocenters. The highest BCUT2D eigenvalue weighted by molar-refractivity contribution is 7.99. The van der Waals surface area contributed by atoms with Gasteiger partial charge in [0.1, 0.15) is 5.03 Å². The maximum absolute atomic E-state index is 4.54. The number of nitrogens with one attached hydrogen (secondary N) is 1. The molecule has 2 nitrogen and oxygen atoms in total. The normalized spacial score (nSPS) is 11.6. The van der Waals surface area contributed by atoms with Crippen molar-refractivity contribution >= 4 is 11.8 Å². The number of hydrogen-bond acceptors (Lipinski definition) is 3. The molecule has 0 aliphatic rings. The lowest BCUT2D eigenvalue weighted by Gasteiger charge is -2.21. The molecule has 2 rings (SSSR count). The molecule has 0 bridgehead atoms. The van der Waals surface area contributed by atoms with Crippen LogP contribution < -0.4 is 5.32 Å². The molecule has 0 aliphatic heterocycles. The van der Waals surface area contributed by atoms with Crippen LogP contribution in [0.5, 0.6) is 0 Å². The van der Waals surface area contributed by atoms with Crippen molar-refractivity contribution in [1.29, 1.82) is 0 Å². The molecule has 1 N–H and O–H groups in total. The third-order valence-electron chi connectivity index (χ3n) is 2.96. The number of rotatable bonds is 4. The highest BCUT2D eigenvalue weighted by Gasteiger charge is 2.12. The maximum Gasteiger partial charge on any atom is 0.105 e. The fourth-order valence-corrected chi connectivity index (χ4v) is 2.75. The van der Waals surface area contributed by atoms with E-state index in [1.165, 1.54) is 16.0 Å². The first-order chi connectivity index (χ1) is 9.46. The van der Waals surface area contributed by atoms with E-state index < -0.39 is 0 Å². The average Bonchev–Trinajstić information content (AvgIpc) is 2.39. The average molecular weight is 286 g/mol. The maximum atomic E-state index is 4.54. The van der Waals surface area contributed by atoms with Gasteiger partial charge in [-0.2, -0.15) is 0 Å². The Morgan fingerprint density at radius 3 is 2.55 bits per heavy atom. The molecule has 1 aromatic heterocycles. The van der Waals surface area contributed by atoms with Crippen LogP contribution in [0.25, 0.3) is 0 Å². The van der Waals surface area contributed by atoms with Crippen LogP contribution in [0.4, 0.5) is 0 Å². The van der Waals surface area contributed by atoms with Gasteiger partial charge in [-0.1, -0.05) is 36.0 Å². The zero-order chi connectivity index (χ0) is 14.6. The minimum atomic E-state index is 0.112. The van der Waals surface area contributed by atoms with Crippen molar-refractivity contribution in [1.82, 2.24) is 10.3 Å². The van der Waals surface area contributed by atoms with Crippen molar-refractivity contribution in [2.45, 2.75) is 49.7 Å². The predicted octanol–water partition coefficient (Wildman–Crippen LogP) is 4.43. The van der Waals surface area contributed by atoms with Crippen molar-refractivity contribution in [3.8, 4) is 0 Å². The van der Waals surface area contributed by atoms with Crippen molar-refractivity contribution in [3.63, 3.8) is 0 Å². The topological polar surface area (TPSA) is 24.9 Å². The van der Waals surface area contributed by atoms with E-state index in [1.54, 1.807) is 11.8 Å². The third-order valence-corrected chi connectivity index (χ3v) is 4.20. The molecule has 0 aliphatic carbocycles. The van der Waals surface area contributed by atoms with Gasteiger partial charge in [0.2, 0.25) is 0 Å². The SMILES string of the molecule is Cc1ccccc1Sc1ncccc1CNC(C)(C)C. The van der Waals surface area contributed by atoms with Crippen LogP contribution in [-0.2, 0) is 6.54 Å². The summed E-state index contributed by atoms with van der Waals surface area (Å²) in [5.74, 6) is 0. The summed E-state index contributed by atoms with van der Waals surface area (Å²) in [5, 5.41) is 4.61. The standard InChI is InChI=1S/C17H22N2S/c1-13-8-5-6-10-15(13)20-16-14(9-7-11-18-16)12-19-17(2,3)4/h5-11,19H,12H2,1-4H3. The first-order valence-corrected chi connectivity index (χ1v) is 7.70. The molecule has 0 atom stereocenters. The van der Waals surface area contributed by atoms with E-state index >= 15 is 0 Å². The van der Waals surface area contributed by atoms with Crippen molar-refractivity contribution in [2.75, 3.05) is 0 Å². The lowest BCUT2D eigenvalue weighted by molar-refractivity contribution is 0.422. The molecule has 1 aromatic carbocycles. The molecule has 0 saturated carbocycles. The van der Waals surface area contributed by atoms with Gasteiger partial charge in [-0.05, 0) is 51.0 Å². The smallest absolute Gasteiger partial charge is 0.105 e. The number of pyridine rings is 1. The number of benzene rings is 1. The van der Waals surface area contributed by atoms with Crippen LogP contribution in [0, 0.1) is 6.92 Å². The summed E-state index contributed by atoms with van der Waals surface area (Å²) in [7, 11) is 0. The van der Waals surface area contributed by atoms with Gasteiger partial charge < -0.3 is 5.32 Å². The fourth-order valence-electron chi connectivity index (χ4n) is 1.79. The van der Waals surface area contributed by atoms with E-state index in [1.807, 2.05) is 12.3 Å². The van der Waals surface area contributed by atoms with Gasteiger partial charge in [-0.15, -0.1) is 0 Å². The zero-order valence-electron chi connectivity index (χ0n) is 12.6. The van der Waals surface area contributed by atoms with Crippen LogP contribution in [0.3, 0.4) is 0 Å². The van der Waals surface area contributed by atoms with Gasteiger partial charge >= 0.3 is 0 Å². The van der Waals surface area contributed by atoms with Crippen LogP contribution >= 0.6 is 11.8 Å². The minimum absolute atomic E-state index is 0.112. The molecule has 0 spiro atoms. The molecule has 0 radical (unpaired) electrons. The Labute approximate surface area is 126 Å². The number of hydrogen-bond donors (Lipinski definition) is 1. The quantitative estimate of drug-likeness (QED) is 0.900. The van der Waals surface area contributed by atoms with E-state index in [2.05, 4.69) is 68.3 Å². The van der Waals surface area contributed by atoms with E-state index in [-0.39, 0.29) is 5.54 Å². The van der Waals surface area contributed by atoms with Gasteiger partial charge in [-0.25, -0.2) is 4.98 Å². The zero-order valence-corrected chi connectivity index (χ0v) is 13.4. The first-order valence-electron chi connectivity index (χ1n) is 6.88. The summed E-state index contributed by atoms with van der Waals surface area (Å²) in [4.78, 5) is 5.81. The van der Waals surface area contributed by atoms with Crippen LogP contribution in [0.1, 0.15) is 31.9 Å². The minimum Gasteiger partial charge on any atom is -0.308 e. The second-order valence-corrected chi connectivity index (χ2v) is 6.97. The fraction of sp³-hybridized carbons (Fsp3) is 0.353. The lowest BCUT2D eigenvalue weighted by Crippen LogP contribution is -2.35. The summed E-state index contributed by atoms with van der Waals surface area (Å²) in [6.07, 6.45) is 1.86. The van der Waals surface area contributed by atoms with E-state index in [4.69, 9.17) is 0 Å². The summed E-state index contributed by atoms with van der Waals surface area (Å²) >= 11 is 1.74. The Morgan fingerprint density at radius 2 is 1.85 bits per heavy atom. The summed E-state index contributed by atoms with van der Waals surface area (Å²) < 4.78 is 0. The molecular formula is C17H22N2S. The third kappa shape index (κ3) is 4.36. The Kier molecular flexibility index (Phi) is 4.84. The van der Waals surface area contributed by atoms with Gasteiger partial charge in [0, 0.05) is 23.2 Å². The second-order valence-electron chi connectivity index (χ2n) is 5.94. The predicted molar refractivity (Wildman–Crippen MR) is 86.1 cm³/mol. The molecule has 2 aromatic rings. The number of nitrogens with zero attached hydrogens (tertiary/aromatic N) is 1. The van der Waals surface area contributed by atoms with Crippen molar-refractivity contribution in [3.05, 3.63) is 53.7 Å². The number of aryl methyl sites for hydroxylation is 1. The summed E-state index contributed by atoms with van der Waals surface area (Å²) in [6, 6.07) is 12.6. The summed E-state index contributed by atoms with van der Waals surface area (Å²) in [6.45, 7) is 9.51. The highest BCUT2D eigenvalue weighted by atomic mass is 32.2. The molecule has 1 heterocycles. The van der Waals surface area contributed by atoms with Gasteiger partial charge in [-0.3, -0.25) is 0 Å². The first kappa shape index (κ1) is 15.1. The van der Waals surface area contributed by atoms with Crippen LogP contribution in [0.15, 0.2) is 52.5 Å². The molecule has 0 saturated heterocycles. The monoisotopic (exact) mass is 286 g/mol. The second kappa shape index (κ2) is 6.42. The Balaban J connectivity index is 2.18. The van der Waals surface area contributed by atoms with Gasteiger partial charge in [0.15, 0.2) is 0 Å². The molecule has 0 fully saturated rings. The molecular weight excluding hydrogens is 264 g/mol. The molecule has 3 heteroatoms. The van der Waals surface area contributed by atoms with Crippen LogP contribution in [-0.4, -0.2) is 10.5 Å². The molecule has 106 valence electrons. The Hall–Kier alpha value is -1.32. The van der Waals surface area contributed by atoms with Crippen molar-refractivity contribution in [2.24, 2.45) is 0 Å². The summed E-state index contributed by atoms with van der Waals surface area (Å²) in [5.41, 5.74) is 2.65. The van der Waals surface area contributed by atoms with Gasteiger partial charge in [0.05, 0.1) is 0 Å². The largest absolute Gasteiger partial charge is 0.308 e. The Bertz CT molecular complexity index is 573. The Morgan fingerprint density at radius 1 is 1.10 bits per heavy atom.